The number of nitro benzene ring substituents is 1. The van der Waals surface area contributed by atoms with Gasteiger partial charge in [-0.1, -0.05) is 41.9 Å². The highest BCUT2D eigenvalue weighted by atomic mass is 35.5. The Morgan fingerprint density at radius 3 is 2.06 bits per heavy atom. The van der Waals surface area contributed by atoms with E-state index in [9.17, 15) is 19.7 Å². The second-order valence-corrected chi connectivity index (χ2v) is 7.84. The first-order chi connectivity index (χ1) is 15.5. The fourth-order valence-corrected chi connectivity index (χ4v) is 3.96. The molecule has 0 aromatic heterocycles. The minimum Gasteiger partial charge on any atom is -0.362 e. The van der Waals surface area contributed by atoms with Crippen LogP contribution in [0.3, 0.4) is 0 Å². The summed E-state index contributed by atoms with van der Waals surface area (Å²) in [6.45, 7) is 1.72. The molecule has 0 saturated carbocycles. The van der Waals surface area contributed by atoms with E-state index in [1.54, 1.807) is 71.6 Å². The normalized spacial score (nSPS) is 13.7. The summed E-state index contributed by atoms with van der Waals surface area (Å²) >= 11 is 5.92. The summed E-state index contributed by atoms with van der Waals surface area (Å²) in [7, 11) is 0. The lowest BCUT2D eigenvalue weighted by Gasteiger charge is -2.36. The molecule has 0 aliphatic carbocycles. The van der Waals surface area contributed by atoms with Crippen LogP contribution in [-0.4, -0.2) is 47.7 Å². The Hall–Kier alpha value is -3.71. The minimum absolute atomic E-state index is 0.0474. The standard InChI is InChI=1S/C24H20ClN3O4/c25-18-11-9-17(10-12-18)23(29)19-5-1-2-6-20(19)24(30)27-15-13-26(14-16-27)21-7-3-4-8-22(21)28(31)32/h1-12H,13-16H2. The number of anilines is 1. The molecule has 32 heavy (non-hydrogen) atoms. The van der Waals surface area contributed by atoms with Crippen molar-refractivity contribution in [1.82, 2.24) is 4.90 Å². The number of hydrogen-bond acceptors (Lipinski definition) is 5. The molecule has 1 aliphatic heterocycles. The van der Waals surface area contributed by atoms with E-state index < -0.39 is 4.92 Å². The van der Waals surface area contributed by atoms with Crippen LogP contribution in [0.4, 0.5) is 11.4 Å². The number of carbonyl (C=O) groups excluding carboxylic acids is 2. The van der Waals surface area contributed by atoms with Gasteiger partial charge in [0.1, 0.15) is 5.69 Å². The summed E-state index contributed by atoms with van der Waals surface area (Å²) < 4.78 is 0. The topological polar surface area (TPSA) is 83.8 Å². The second-order valence-electron chi connectivity index (χ2n) is 7.41. The Morgan fingerprint density at radius 1 is 0.812 bits per heavy atom. The summed E-state index contributed by atoms with van der Waals surface area (Å²) in [5.41, 5.74) is 1.72. The zero-order valence-electron chi connectivity index (χ0n) is 17.1. The van der Waals surface area contributed by atoms with Crippen LogP contribution >= 0.6 is 11.6 Å². The van der Waals surface area contributed by atoms with E-state index in [0.29, 0.717) is 53.6 Å². The molecular weight excluding hydrogens is 430 g/mol. The van der Waals surface area contributed by atoms with Crippen molar-refractivity contribution >= 4 is 34.7 Å². The van der Waals surface area contributed by atoms with Crippen molar-refractivity contribution in [3.8, 4) is 0 Å². The lowest BCUT2D eigenvalue weighted by Crippen LogP contribution is -2.49. The average molecular weight is 450 g/mol. The number of nitrogens with zero attached hydrogens (tertiary/aromatic N) is 3. The molecule has 0 N–H and O–H groups in total. The highest BCUT2D eigenvalue weighted by molar-refractivity contribution is 6.30. The van der Waals surface area contributed by atoms with E-state index >= 15 is 0 Å². The van der Waals surface area contributed by atoms with Crippen molar-refractivity contribution in [2.45, 2.75) is 0 Å². The monoisotopic (exact) mass is 449 g/mol. The summed E-state index contributed by atoms with van der Waals surface area (Å²) in [5.74, 6) is -0.478. The Morgan fingerprint density at radius 2 is 1.41 bits per heavy atom. The summed E-state index contributed by atoms with van der Waals surface area (Å²) in [6.07, 6.45) is 0. The highest BCUT2D eigenvalue weighted by Crippen LogP contribution is 2.28. The summed E-state index contributed by atoms with van der Waals surface area (Å²) in [6, 6.07) is 19.9. The van der Waals surface area contributed by atoms with Crippen LogP contribution in [0.25, 0.3) is 0 Å². The molecule has 1 amide bonds. The number of para-hydroxylation sites is 2. The molecular formula is C24H20ClN3O4. The van der Waals surface area contributed by atoms with Gasteiger partial charge in [0.2, 0.25) is 0 Å². The molecule has 0 bridgehead atoms. The van der Waals surface area contributed by atoms with E-state index in [0.717, 1.165) is 0 Å². The number of carbonyl (C=O) groups is 2. The first kappa shape index (κ1) is 21.5. The van der Waals surface area contributed by atoms with Gasteiger partial charge in [-0.05, 0) is 36.4 Å². The molecule has 0 unspecified atom stereocenters. The molecule has 4 rings (SSSR count). The van der Waals surface area contributed by atoms with Crippen molar-refractivity contribution < 1.29 is 14.5 Å². The first-order valence-corrected chi connectivity index (χ1v) is 10.5. The van der Waals surface area contributed by atoms with Gasteiger partial charge in [0.25, 0.3) is 11.6 Å². The van der Waals surface area contributed by atoms with Gasteiger partial charge in [-0.3, -0.25) is 19.7 Å². The van der Waals surface area contributed by atoms with Crippen molar-refractivity contribution in [2.24, 2.45) is 0 Å². The molecule has 7 nitrogen and oxygen atoms in total. The van der Waals surface area contributed by atoms with Gasteiger partial charge >= 0.3 is 0 Å². The predicted molar refractivity (Wildman–Crippen MR) is 123 cm³/mol. The lowest BCUT2D eigenvalue weighted by atomic mass is 9.97. The SMILES string of the molecule is O=C(c1ccc(Cl)cc1)c1ccccc1C(=O)N1CCN(c2ccccc2[N+](=O)[O-])CC1. The Bertz CT molecular complexity index is 1170. The van der Waals surface area contributed by atoms with Crippen molar-refractivity contribution in [3.05, 3.63) is 105 Å². The molecule has 8 heteroatoms. The van der Waals surface area contributed by atoms with E-state index in [-0.39, 0.29) is 17.4 Å². The molecule has 1 fully saturated rings. The van der Waals surface area contributed by atoms with Crippen LogP contribution in [0.2, 0.25) is 5.02 Å². The van der Waals surface area contributed by atoms with Crippen LogP contribution in [0.5, 0.6) is 0 Å². The van der Waals surface area contributed by atoms with Crippen LogP contribution < -0.4 is 4.90 Å². The molecule has 3 aromatic rings. The van der Waals surface area contributed by atoms with Crippen molar-refractivity contribution in [2.75, 3.05) is 31.1 Å². The van der Waals surface area contributed by atoms with Gasteiger partial charge in [-0.2, -0.15) is 0 Å². The van der Waals surface area contributed by atoms with Gasteiger partial charge in [0.15, 0.2) is 5.78 Å². The number of halogens is 1. The fourth-order valence-electron chi connectivity index (χ4n) is 3.83. The van der Waals surface area contributed by atoms with Gasteiger partial charge in [-0.25, -0.2) is 0 Å². The zero-order valence-corrected chi connectivity index (χ0v) is 17.9. The van der Waals surface area contributed by atoms with Gasteiger partial charge in [0, 0.05) is 48.4 Å². The number of rotatable bonds is 5. The number of ketones is 1. The van der Waals surface area contributed by atoms with Gasteiger partial charge in [0.05, 0.1) is 10.5 Å². The number of amides is 1. The number of nitro groups is 1. The zero-order chi connectivity index (χ0) is 22.7. The number of piperazine rings is 1. The molecule has 0 spiro atoms. The average Bonchev–Trinajstić information content (AvgIpc) is 2.83. The van der Waals surface area contributed by atoms with Crippen molar-refractivity contribution in [3.63, 3.8) is 0 Å². The lowest BCUT2D eigenvalue weighted by molar-refractivity contribution is -0.384. The van der Waals surface area contributed by atoms with Crippen molar-refractivity contribution in [1.29, 1.82) is 0 Å². The number of hydrogen-bond donors (Lipinski definition) is 0. The summed E-state index contributed by atoms with van der Waals surface area (Å²) in [5, 5.41) is 11.9. The second kappa shape index (κ2) is 9.20. The fraction of sp³-hybridized carbons (Fsp3) is 0.167. The maximum Gasteiger partial charge on any atom is 0.292 e. The smallest absolute Gasteiger partial charge is 0.292 e. The van der Waals surface area contributed by atoms with Gasteiger partial charge in [-0.15, -0.1) is 0 Å². The summed E-state index contributed by atoms with van der Waals surface area (Å²) in [4.78, 5) is 40.8. The molecule has 1 aliphatic rings. The molecule has 1 saturated heterocycles. The molecule has 0 radical (unpaired) electrons. The first-order valence-electron chi connectivity index (χ1n) is 10.1. The maximum atomic E-state index is 13.3. The molecule has 162 valence electrons. The maximum absolute atomic E-state index is 13.3. The Kier molecular flexibility index (Phi) is 6.18. The Balaban J connectivity index is 1.52. The van der Waals surface area contributed by atoms with Crippen LogP contribution in [0, 0.1) is 10.1 Å². The third-order valence-corrected chi connectivity index (χ3v) is 5.75. The van der Waals surface area contributed by atoms with E-state index in [1.807, 2.05) is 4.90 Å². The van der Waals surface area contributed by atoms with Crippen LogP contribution in [-0.2, 0) is 0 Å². The van der Waals surface area contributed by atoms with Gasteiger partial charge < -0.3 is 9.80 Å². The Labute approximate surface area is 190 Å². The highest BCUT2D eigenvalue weighted by Gasteiger charge is 2.28. The third-order valence-electron chi connectivity index (χ3n) is 5.49. The largest absolute Gasteiger partial charge is 0.362 e. The number of benzene rings is 3. The van der Waals surface area contributed by atoms with Crippen LogP contribution in [0.15, 0.2) is 72.8 Å². The molecule has 3 aromatic carbocycles. The van der Waals surface area contributed by atoms with E-state index in [4.69, 9.17) is 11.6 Å². The third kappa shape index (κ3) is 4.33. The molecule has 0 atom stereocenters. The van der Waals surface area contributed by atoms with E-state index in [2.05, 4.69) is 0 Å². The minimum atomic E-state index is -0.397. The van der Waals surface area contributed by atoms with Crippen LogP contribution in [0.1, 0.15) is 26.3 Å². The molecule has 1 heterocycles. The quantitative estimate of drug-likeness (QED) is 0.326. The predicted octanol–water partition coefficient (Wildman–Crippen LogP) is 4.44. The van der Waals surface area contributed by atoms with E-state index in [1.165, 1.54) is 6.07 Å².